The van der Waals surface area contributed by atoms with Crippen LogP contribution in [0, 0.1) is 21.4 Å². The second-order valence-corrected chi connectivity index (χ2v) is 5.08. The number of fused-ring (bicyclic) bond motifs is 1. The first-order valence-corrected chi connectivity index (χ1v) is 7.03. The Morgan fingerprint density at radius 1 is 1.00 bits per heavy atom. The van der Waals surface area contributed by atoms with E-state index in [0.29, 0.717) is 11.1 Å². The van der Waals surface area contributed by atoms with E-state index in [1.165, 1.54) is 12.1 Å². The quantitative estimate of drug-likeness (QED) is 0.301. The Labute approximate surface area is 133 Å². The Hall–Kier alpha value is -3.45. The Morgan fingerprint density at radius 2 is 1.78 bits per heavy atom. The highest BCUT2D eigenvalue weighted by Crippen LogP contribution is 2.24. The van der Waals surface area contributed by atoms with Gasteiger partial charge in [-0.1, -0.05) is 48.5 Å². The molecule has 0 aliphatic rings. The molecule has 110 valence electrons. The van der Waals surface area contributed by atoms with Crippen LogP contribution in [0.25, 0.3) is 22.4 Å². The first kappa shape index (κ1) is 14.5. The van der Waals surface area contributed by atoms with E-state index in [1.807, 2.05) is 42.5 Å². The average molecular weight is 300 g/mol. The summed E-state index contributed by atoms with van der Waals surface area (Å²) >= 11 is 0. The summed E-state index contributed by atoms with van der Waals surface area (Å²) < 4.78 is 0. The first-order valence-electron chi connectivity index (χ1n) is 7.03. The van der Waals surface area contributed by atoms with E-state index < -0.39 is 4.92 Å². The van der Waals surface area contributed by atoms with Crippen molar-refractivity contribution in [3.63, 3.8) is 0 Å². The number of hydrogen-bond acceptors (Lipinski definition) is 3. The SMILES string of the molecule is N#C/C(=C/c1cccc([N+](=O)[O-])c1)c1ccc2ccccc2c1. The van der Waals surface area contributed by atoms with Crippen molar-refractivity contribution >= 4 is 28.1 Å². The van der Waals surface area contributed by atoms with Crippen LogP contribution in [0.2, 0.25) is 0 Å². The van der Waals surface area contributed by atoms with E-state index >= 15 is 0 Å². The predicted octanol–water partition coefficient (Wildman–Crippen LogP) is 4.81. The number of hydrogen-bond donors (Lipinski definition) is 0. The molecule has 0 saturated heterocycles. The monoisotopic (exact) mass is 300 g/mol. The minimum Gasteiger partial charge on any atom is -0.258 e. The summed E-state index contributed by atoms with van der Waals surface area (Å²) in [6, 6.07) is 22.1. The van der Waals surface area contributed by atoms with Crippen LogP contribution >= 0.6 is 0 Å². The molecule has 0 bridgehead atoms. The average Bonchev–Trinajstić information content (AvgIpc) is 2.59. The van der Waals surface area contributed by atoms with Crippen molar-refractivity contribution in [3.8, 4) is 6.07 Å². The fraction of sp³-hybridized carbons (Fsp3) is 0. The van der Waals surface area contributed by atoms with E-state index in [4.69, 9.17) is 0 Å². The lowest BCUT2D eigenvalue weighted by molar-refractivity contribution is -0.384. The van der Waals surface area contributed by atoms with Gasteiger partial charge in [-0.15, -0.1) is 0 Å². The first-order chi connectivity index (χ1) is 11.2. The molecule has 0 aromatic heterocycles. The van der Waals surface area contributed by atoms with Gasteiger partial charge in [-0.05, 0) is 34.0 Å². The molecular weight excluding hydrogens is 288 g/mol. The Kier molecular flexibility index (Phi) is 3.86. The van der Waals surface area contributed by atoms with Crippen molar-refractivity contribution in [2.24, 2.45) is 0 Å². The van der Waals surface area contributed by atoms with Crippen LogP contribution in [0.4, 0.5) is 5.69 Å². The number of benzene rings is 3. The van der Waals surface area contributed by atoms with Crippen LogP contribution < -0.4 is 0 Å². The molecule has 3 rings (SSSR count). The van der Waals surface area contributed by atoms with Crippen molar-refractivity contribution in [2.75, 3.05) is 0 Å². The van der Waals surface area contributed by atoms with E-state index in [0.717, 1.165) is 16.3 Å². The zero-order valence-corrected chi connectivity index (χ0v) is 12.1. The smallest absolute Gasteiger partial charge is 0.258 e. The molecule has 0 aliphatic carbocycles. The van der Waals surface area contributed by atoms with Crippen molar-refractivity contribution in [3.05, 3.63) is 88.0 Å². The summed E-state index contributed by atoms with van der Waals surface area (Å²) in [6.07, 6.45) is 1.66. The van der Waals surface area contributed by atoms with Crippen LogP contribution in [0.1, 0.15) is 11.1 Å². The standard InChI is InChI=1S/C19H12N2O2/c20-13-18(10-14-4-3-7-19(11-14)21(22)23)17-9-8-15-5-1-2-6-16(15)12-17/h1-12H/b18-10-. The van der Waals surface area contributed by atoms with E-state index in [-0.39, 0.29) is 5.69 Å². The van der Waals surface area contributed by atoms with Crippen LogP contribution in [-0.4, -0.2) is 4.92 Å². The summed E-state index contributed by atoms with van der Waals surface area (Å²) in [4.78, 5) is 10.4. The molecule has 0 N–H and O–H groups in total. The van der Waals surface area contributed by atoms with Gasteiger partial charge in [0.1, 0.15) is 0 Å². The summed E-state index contributed by atoms with van der Waals surface area (Å²) in [5.74, 6) is 0. The van der Waals surface area contributed by atoms with Gasteiger partial charge < -0.3 is 0 Å². The van der Waals surface area contributed by atoms with Gasteiger partial charge in [0.25, 0.3) is 5.69 Å². The molecule has 0 aliphatic heterocycles. The number of allylic oxidation sites excluding steroid dienone is 1. The molecule has 0 amide bonds. The zero-order valence-electron chi connectivity index (χ0n) is 12.1. The van der Waals surface area contributed by atoms with Crippen molar-refractivity contribution in [2.45, 2.75) is 0 Å². The molecule has 23 heavy (non-hydrogen) atoms. The highest BCUT2D eigenvalue weighted by atomic mass is 16.6. The van der Waals surface area contributed by atoms with Crippen molar-refractivity contribution in [1.29, 1.82) is 5.26 Å². The van der Waals surface area contributed by atoms with Crippen molar-refractivity contribution in [1.82, 2.24) is 0 Å². The van der Waals surface area contributed by atoms with Gasteiger partial charge in [0.2, 0.25) is 0 Å². The third kappa shape index (κ3) is 3.09. The van der Waals surface area contributed by atoms with E-state index in [2.05, 4.69) is 6.07 Å². The second-order valence-electron chi connectivity index (χ2n) is 5.08. The van der Waals surface area contributed by atoms with Crippen LogP contribution in [-0.2, 0) is 0 Å². The number of nitrogens with zero attached hydrogens (tertiary/aromatic N) is 2. The van der Waals surface area contributed by atoms with Gasteiger partial charge in [-0.2, -0.15) is 5.26 Å². The number of non-ortho nitro benzene ring substituents is 1. The highest BCUT2D eigenvalue weighted by Gasteiger charge is 2.07. The molecule has 0 unspecified atom stereocenters. The number of nitro groups is 1. The zero-order chi connectivity index (χ0) is 16.2. The fourth-order valence-corrected chi connectivity index (χ4v) is 2.43. The Bertz CT molecular complexity index is 968. The van der Waals surface area contributed by atoms with Gasteiger partial charge >= 0.3 is 0 Å². The summed E-state index contributed by atoms with van der Waals surface area (Å²) in [6.45, 7) is 0. The van der Waals surface area contributed by atoms with Crippen LogP contribution in [0.3, 0.4) is 0 Å². The summed E-state index contributed by atoms with van der Waals surface area (Å²) in [5, 5.41) is 22.4. The lowest BCUT2D eigenvalue weighted by Gasteiger charge is -2.03. The maximum Gasteiger partial charge on any atom is 0.270 e. The summed E-state index contributed by atoms with van der Waals surface area (Å²) in [5.41, 5.74) is 1.90. The minimum atomic E-state index is -0.445. The molecular formula is C19H12N2O2. The lowest BCUT2D eigenvalue weighted by atomic mass is 10.00. The molecule has 0 atom stereocenters. The normalized spacial score (nSPS) is 11.2. The molecule has 4 heteroatoms. The van der Waals surface area contributed by atoms with Gasteiger partial charge in [-0.3, -0.25) is 10.1 Å². The van der Waals surface area contributed by atoms with Gasteiger partial charge in [0.05, 0.1) is 16.6 Å². The van der Waals surface area contributed by atoms with Gasteiger partial charge in [0.15, 0.2) is 0 Å². The maximum atomic E-state index is 10.8. The molecule has 0 fully saturated rings. The fourth-order valence-electron chi connectivity index (χ4n) is 2.43. The van der Waals surface area contributed by atoms with E-state index in [9.17, 15) is 15.4 Å². The maximum absolute atomic E-state index is 10.8. The molecule has 0 saturated carbocycles. The molecule has 0 heterocycles. The molecule has 3 aromatic rings. The third-order valence-electron chi connectivity index (χ3n) is 3.57. The largest absolute Gasteiger partial charge is 0.270 e. The van der Waals surface area contributed by atoms with E-state index in [1.54, 1.807) is 18.2 Å². The van der Waals surface area contributed by atoms with Crippen LogP contribution in [0.15, 0.2) is 66.7 Å². The molecule has 3 aromatic carbocycles. The summed E-state index contributed by atoms with van der Waals surface area (Å²) in [7, 11) is 0. The topological polar surface area (TPSA) is 66.9 Å². The second kappa shape index (κ2) is 6.12. The number of nitriles is 1. The predicted molar refractivity (Wildman–Crippen MR) is 90.5 cm³/mol. The Balaban J connectivity index is 2.05. The minimum absolute atomic E-state index is 0.00884. The molecule has 0 spiro atoms. The van der Waals surface area contributed by atoms with Gasteiger partial charge in [0, 0.05) is 12.1 Å². The highest BCUT2D eigenvalue weighted by molar-refractivity contribution is 5.94. The molecule has 4 nitrogen and oxygen atoms in total. The third-order valence-corrected chi connectivity index (χ3v) is 3.57. The lowest BCUT2D eigenvalue weighted by Crippen LogP contribution is -1.88. The number of rotatable bonds is 3. The van der Waals surface area contributed by atoms with Crippen LogP contribution in [0.5, 0.6) is 0 Å². The van der Waals surface area contributed by atoms with Crippen molar-refractivity contribution < 1.29 is 4.92 Å². The van der Waals surface area contributed by atoms with Gasteiger partial charge in [-0.25, -0.2) is 0 Å². The Morgan fingerprint density at radius 3 is 2.52 bits per heavy atom. The molecule has 0 radical (unpaired) electrons. The number of nitro benzene ring substituents is 1.